The van der Waals surface area contributed by atoms with Gasteiger partial charge in [0.15, 0.2) is 5.82 Å². The Morgan fingerprint density at radius 1 is 1.35 bits per heavy atom. The van der Waals surface area contributed by atoms with Crippen LogP contribution in [0, 0.1) is 16.7 Å². The van der Waals surface area contributed by atoms with Crippen molar-refractivity contribution < 1.29 is 4.79 Å². The zero-order valence-electron chi connectivity index (χ0n) is 12.4. The number of primary amides is 1. The number of anilines is 1. The van der Waals surface area contributed by atoms with Gasteiger partial charge in [0, 0.05) is 6.54 Å². The van der Waals surface area contributed by atoms with Crippen molar-refractivity contribution in [1.29, 1.82) is 5.26 Å². The van der Waals surface area contributed by atoms with E-state index in [4.69, 9.17) is 5.73 Å². The average Bonchev–Trinajstić information content (AvgIpc) is 2.43. The number of nitriles is 1. The number of carbonyl (C=O) groups excluding carboxylic acids is 1. The minimum Gasteiger partial charge on any atom is -0.369 e. The lowest BCUT2D eigenvalue weighted by Gasteiger charge is -2.21. The molecule has 0 atom stereocenters. The van der Waals surface area contributed by atoms with Crippen molar-refractivity contribution in [3.63, 3.8) is 0 Å². The van der Waals surface area contributed by atoms with Gasteiger partial charge in [-0.05, 0) is 32.3 Å². The van der Waals surface area contributed by atoms with E-state index in [1.807, 2.05) is 13.8 Å². The smallest absolute Gasteiger partial charge is 0.224 e. The van der Waals surface area contributed by atoms with E-state index in [-0.39, 0.29) is 0 Å². The van der Waals surface area contributed by atoms with Crippen LogP contribution in [0.4, 0.5) is 5.82 Å². The summed E-state index contributed by atoms with van der Waals surface area (Å²) in [5, 5.41) is 20.6. The highest BCUT2D eigenvalue weighted by atomic mass is 16.1. The minimum atomic E-state index is -0.718. The van der Waals surface area contributed by atoms with E-state index in [9.17, 15) is 10.1 Å². The molecule has 1 aromatic rings. The molecule has 0 unspecified atom stereocenters. The molecule has 0 spiro atoms. The van der Waals surface area contributed by atoms with Gasteiger partial charge in [0.25, 0.3) is 0 Å². The van der Waals surface area contributed by atoms with Crippen LogP contribution >= 0.6 is 0 Å². The molecule has 6 nitrogen and oxygen atoms in total. The lowest BCUT2D eigenvalue weighted by Crippen LogP contribution is -2.37. The molecule has 0 aromatic carbocycles. The van der Waals surface area contributed by atoms with Crippen LogP contribution in [0.2, 0.25) is 0 Å². The number of nitrogens with zero attached hydrogens (tertiary/aromatic N) is 3. The number of aromatic nitrogens is 2. The molecule has 0 radical (unpaired) electrons. The van der Waals surface area contributed by atoms with Gasteiger partial charge in [-0.15, -0.1) is 5.10 Å². The molecule has 0 fully saturated rings. The molecule has 6 heteroatoms. The summed E-state index contributed by atoms with van der Waals surface area (Å²) in [6.45, 7) is 7.74. The fourth-order valence-corrected chi connectivity index (χ4v) is 1.81. The Kier molecular flexibility index (Phi) is 5.03. The maximum Gasteiger partial charge on any atom is 0.224 e. The Labute approximate surface area is 119 Å². The fourth-order valence-electron chi connectivity index (χ4n) is 1.81. The van der Waals surface area contributed by atoms with E-state index in [1.54, 1.807) is 13.8 Å². The van der Waals surface area contributed by atoms with Crippen LogP contribution in [0.1, 0.15) is 44.5 Å². The summed E-state index contributed by atoms with van der Waals surface area (Å²) in [6.07, 6.45) is 1.45. The topological polar surface area (TPSA) is 105 Å². The number of nitrogens with two attached hydrogens (primary N) is 1. The van der Waals surface area contributed by atoms with Gasteiger partial charge in [0.2, 0.25) is 5.91 Å². The number of rotatable bonds is 6. The lowest BCUT2D eigenvalue weighted by atomic mass is 9.92. The average molecular weight is 275 g/mol. The summed E-state index contributed by atoms with van der Waals surface area (Å²) in [5.41, 5.74) is 6.85. The van der Waals surface area contributed by atoms with Crippen molar-refractivity contribution in [2.45, 2.75) is 40.5 Å². The van der Waals surface area contributed by atoms with Gasteiger partial charge < -0.3 is 11.1 Å². The van der Waals surface area contributed by atoms with Gasteiger partial charge in [0.05, 0.1) is 11.1 Å². The number of nitrogens with one attached hydrogen (secondary N) is 1. The number of amides is 1. The van der Waals surface area contributed by atoms with E-state index in [0.717, 1.165) is 24.1 Å². The van der Waals surface area contributed by atoms with Gasteiger partial charge in [-0.2, -0.15) is 10.4 Å². The van der Waals surface area contributed by atoms with E-state index < -0.39 is 11.3 Å². The highest BCUT2D eigenvalue weighted by molar-refractivity contribution is 5.80. The molecule has 0 saturated carbocycles. The number of hydrogen-bond donors (Lipinski definition) is 2. The van der Waals surface area contributed by atoms with Crippen LogP contribution in [0.25, 0.3) is 0 Å². The molecule has 1 aromatic heterocycles. The Morgan fingerprint density at radius 2 is 2.00 bits per heavy atom. The fraction of sp³-hybridized carbons (Fsp3) is 0.571. The number of hydrogen-bond acceptors (Lipinski definition) is 5. The first kappa shape index (κ1) is 15.9. The molecule has 0 aliphatic heterocycles. The monoisotopic (exact) mass is 275 g/mol. The van der Waals surface area contributed by atoms with Crippen molar-refractivity contribution >= 4 is 11.7 Å². The first-order valence-corrected chi connectivity index (χ1v) is 6.69. The summed E-state index contributed by atoms with van der Waals surface area (Å²) in [6, 6.07) is 2.17. The molecular formula is C14H21N5O. The Morgan fingerprint density at radius 3 is 2.45 bits per heavy atom. The normalized spacial score (nSPS) is 10.9. The van der Waals surface area contributed by atoms with E-state index >= 15 is 0 Å². The molecule has 1 heterocycles. The van der Waals surface area contributed by atoms with Crippen molar-refractivity contribution in [2.75, 3.05) is 11.9 Å². The summed E-state index contributed by atoms with van der Waals surface area (Å²) in [4.78, 5) is 11.3. The molecule has 1 amide bonds. The molecule has 1 rings (SSSR count). The molecule has 3 N–H and O–H groups in total. The SMILES string of the molecule is CCc1nnc(NCC(C)(C)C(N)=O)c(C#N)c1CC. The van der Waals surface area contributed by atoms with Crippen molar-refractivity contribution in [3.05, 3.63) is 16.8 Å². The quantitative estimate of drug-likeness (QED) is 0.816. The van der Waals surface area contributed by atoms with Gasteiger partial charge in [-0.1, -0.05) is 13.8 Å². The standard InChI is InChI=1S/C14H21N5O/c1-5-9-10(7-15)12(19-18-11(9)6-2)17-8-14(3,4)13(16)20/h5-6,8H2,1-4H3,(H2,16,20)(H,17,19). The van der Waals surface area contributed by atoms with Gasteiger partial charge in [0.1, 0.15) is 11.6 Å². The molecule has 0 aliphatic rings. The predicted molar refractivity (Wildman–Crippen MR) is 77.0 cm³/mol. The van der Waals surface area contributed by atoms with Crippen molar-refractivity contribution in [1.82, 2.24) is 10.2 Å². The van der Waals surface area contributed by atoms with Crippen LogP contribution in [0.15, 0.2) is 0 Å². The number of aryl methyl sites for hydroxylation is 1. The Balaban J connectivity index is 3.09. The maximum absolute atomic E-state index is 11.3. The third-order valence-electron chi connectivity index (χ3n) is 3.32. The third-order valence-corrected chi connectivity index (χ3v) is 3.32. The first-order valence-electron chi connectivity index (χ1n) is 6.69. The molecule has 108 valence electrons. The van der Waals surface area contributed by atoms with Crippen LogP contribution in [-0.2, 0) is 17.6 Å². The second-order valence-corrected chi connectivity index (χ2v) is 5.27. The largest absolute Gasteiger partial charge is 0.369 e. The van der Waals surface area contributed by atoms with Crippen LogP contribution < -0.4 is 11.1 Å². The van der Waals surface area contributed by atoms with Crippen LogP contribution in [0.5, 0.6) is 0 Å². The van der Waals surface area contributed by atoms with Crippen molar-refractivity contribution in [3.8, 4) is 6.07 Å². The molecule has 0 aliphatic carbocycles. The van der Waals surface area contributed by atoms with Crippen LogP contribution in [-0.4, -0.2) is 22.6 Å². The van der Waals surface area contributed by atoms with Crippen LogP contribution in [0.3, 0.4) is 0 Å². The second kappa shape index (κ2) is 6.33. The molecule has 0 saturated heterocycles. The molecule has 0 bridgehead atoms. The third kappa shape index (κ3) is 3.23. The second-order valence-electron chi connectivity index (χ2n) is 5.27. The van der Waals surface area contributed by atoms with Gasteiger partial charge in [-0.25, -0.2) is 0 Å². The van der Waals surface area contributed by atoms with Gasteiger partial charge in [-0.3, -0.25) is 4.79 Å². The highest BCUT2D eigenvalue weighted by Crippen LogP contribution is 2.22. The first-order chi connectivity index (χ1) is 9.37. The van der Waals surface area contributed by atoms with Gasteiger partial charge >= 0.3 is 0 Å². The summed E-state index contributed by atoms with van der Waals surface area (Å²) < 4.78 is 0. The minimum absolute atomic E-state index is 0.306. The highest BCUT2D eigenvalue weighted by Gasteiger charge is 2.25. The maximum atomic E-state index is 11.3. The van der Waals surface area contributed by atoms with Crippen molar-refractivity contribution in [2.24, 2.45) is 11.1 Å². The van der Waals surface area contributed by atoms with E-state index in [1.165, 1.54) is 0 Å². The Hall–Kier alpha value is -2.16. The lowest BCUT2D eigenvalue weighted by molar-refractivity contribution is -0.125. The Bertz CT molecular complexity index is 545. The molecule has 20 heavy (non-hydrogen) atoms. The van der Waals surface area contributed by atoms with E-state index in [0.29, 0.717) is 17.9 Å². The zero-order valence-corrected chi connectivity index (χ0v) is 12.4. The summed E-state index contributed by atoms with van der Waals surface area (Å²) >= 11 is 0. The zero-order chi connectivity index (χ0) is 15.3. The molecular weight excluding hydrogens is 254 g/mol. The van der Waals surface area contributed by atoms with E-state index in [2.05, 4.69) is 21.6 Å². The summed E-state index contributed by atoms with van der Waals surface area (Å²) in [7, 11) is 0. The summed E-state index contributed by atoms with van der Waals surface area (Å²) in [5.74, 6) is 0.00763. The number of carbonyl (C=O) groups is 1. The predicted octanol–water partition coefficient (Wildman–Crippen LogP) is 1.40.